The molecule has 0 fully saturated rings. The average Bonchev–Trinajstić information content (AvgIpc) is 3.04. The van der Waals surface area contributed by atoms with Crippen molar-refractivity contribution in [2.75, 3.05) is 25.6 Å². The zero-order chi connectivity index (χ0) is 15.9. The van der Waals surface area contributed by atoms with E-state index in [9.17, 15) is 0 Å². The predicted octanol–water partition coefficient (Wildman–Crippen LogP) is 4.34. The van der Waals surface area contributed by atoms with Crippen molar-refractivity contribution in [1.82, 2.24) is 4.90 Å². The fourth-order valence-electron chi connectivity index (χ4n) is 2.09. The third-order valence-corrected chi connectivity index (χ3v) is 4.00. The fraction of sp³-hybridized carbons (Fsp3) is 0.312. The third-order valence-electron chi connectivity index (χ3n) is 3.34. The minimum absolute atomic E-state index is 0.00682. The molecule has 0 aliphatic carbocycles. The zero-order valence-corrected chi connectivity index (χ0v) is 14.2. The summed E-state index contributed by atoms with van der Waals surface area (Å²) in [7, 11) is 1.67. The molecule has 0 aliphatic heterocycles. The Balaban J connectivity index is 2.14. The van der Waals surface area contributed by atoms with Gasteiger partial charge in [-0.15, -0.1) is 0 Å². The smallest absolute Gasteiger partial charge is 0.174 e. The summed E-state index contributed by atoms with van der Waals surface area (Å²) in [6.07, 6.45) is 1.66. The van der Waals surface area contributed by atoms with Crippen molar-refractivity contribution in [3.05, 3.63) is 53.4 Å². The lowest BCUT2D eigenvalue weighted by molar-refractivity contribution is 0.160. The molecular formula is C16H19ClN2O2S. The van der Waals surface area contributed by atoms with E-state index >= 15 is 0 Å². The highest BCUT2D eigenvalue weighted by atomic mass is 35.5. The monoisotopic (exact) mass is 338 g/mol. The van der Waals surface area contributed by atoms with Crippen LogP contribution in [0.5, 0.6) is 0 Å². The van der Waals surface area contributed by atoms with E-state index in [-0.39, 0.29) is 6.04 Å². The molecule has 0 saturated heterocycles. The van der Waals surface area contributed by atoms with Gasteiger partial charge in [0, 0.05) is 13.7 Å². The standard InChI is InChI=1S/C16H19ClN2O2S/c1-12(15-8-5-10-21-15)19(9-11-20-2)16(22)18-14-7-4-3-6-13(14)17/h3-8,10,12H,9,11H2,1-2H3,(H,18,22)/t12-/m0/s1. The van der Waals surface area contributed by atoms with Crippen LogP contribution in [0, 0.1) is 0 Å². The van der Waals surface area contributed by atoms with Gasteiger partial charge >= 0.3 is 0 Å². The van der Waals surface area contributed by atoms with Crippen LogP contribution in [0.3, 0.4) is 0 Å². The highest BCUT2D eigenvalue weighted by Crippen LogP contribution is 2.24. The number of thiocarbonyl (C=S) groups is 1. The van der Waals surface area contributed by atoms with Gasteiger partial charge in [-0.25, -0.2) is 0 Å². The molecule has 0 unspecified atom stereocenters. The Morgan fingerprint density at radius 2 is 2.14 bits per heavy atom. The van der Waals surface area contributed by atoms with Crippen molar-refractivity contribution in [1.29, 1.82) is 0 Å². The van der Waals surface area contributed by atoms with Gasteiger partial charge in [-0.3, -0.25) is 0 Å². The molecule has 22 heavy (non-hydrogen) atoms. The van der Waals surface area contributed by atoms with E-state index in [4.69, 9.17) is 33.0 Å². The number of ether oxygens (including phenoxy) is 1. The predicted molar refractivity (Wildman–Crippen MR) is 93.4 cm³/mol. The van der Waals surface area contributed by atoms with Gasteiger partial charge in [0.1, 0.15) is 5.76 Å². The lowest BCUT2D eigenvalue weighted by Gasteiger charge is -2.30. The number of halogens is 1. The lowest BCUT2D eigenvalue weighted by atomic mass is 10.2. The molecule has 1 aromatic carbocycles. The molecule has 2 rings (SSSR count). The topological polar surface area (TPSA) is 37.6 Å². The molecule has 0 spiro atoms. The van der Waals surface area contributed by atoms with Crippen LogP contribution in [0.15, 0.2) is 47.1 Å². The Labute approximate surface area is 141 Å². The van der Waals surface area contributed by atoms with Gasteiger partial charge < -0.3 is 19.4 Å². The highest BCUT2D eigenvalue weighted by Gasteiger charge is 2.21. The van der Waals surface area contributed by atoms with Crippen LogP contribution in [0.2, 0.25) is 5.02 Å². The fourth-order valence-corrected chi connectivity index (χ4v) is 2.64. The molecule has 1 aromatic heterocycles. The van der Waals surface area contributed by atoms with E-state index in [2.05, 4.69) is 5.32 Å². The van der Waals surface area contributed by atoms with Crippen molar-refractivity contribution in [2.24, 2.45) is 0 Å². The van der Waals surface area contributed by atoms with E-state index in [1.54, 1.807) is 13.4 Å². The normalized spacial score (nSPS) is 12.0. The quantitative estimate of drug-likeness (QED) is 0.793. The second-order valence-corrected chi connectivity index (χ2v) is 5.58. The molecule has 0 aliphatic rings. The third kappa shape index (κ3) is 4.22. The van der Waals surface area contributed by atoms with Crippen LogP contribution in [-0.4, -0.2) is 30.3 Å². The number of anilines is 1. The number of nitrogens with one attached hydrogen (secondary N) is 1. The SMILES string of the molecule is COCCN(C(=S)Nc1ccccc1Cl)[C@@H](C)c1ccco1. The Morgan fingerprint density at radius 3 is 2.77 bits per heavy atom. The van der Waals surface area contributed by atoms with E-state index in [0.717, 1.165) is 11.4 Å². The second kappa shape index (κ2) is 8.17. The molecule has 1 heterocycles. The Kier molecular flexibility index (Phi) is 6.24. The van der Waals surface area contributed by atoms with Gasteiger partial charge in [-0.05, 0) is 43.4 Å². The van der Waals surface area contributed by atoms with E-state index in [1.807, 2.05) is 48.2 Å². The van der Waals surface area contributed by atoms with Crippen LogP contribution in [0.25, 0.3) is 0 Å². The Morgan fingerprint density at radius 1 is 1.36 bits per heavy atom. The van der Waals surface area contributed by atoms with Crippen LogP contribution in [-0.2, 0) is 4.74 Å². The summed E-state index contributed by atoms with van der Waals surface area (Å²) in [5, 5.41) is 4.40. The molecule has 6 heteroatoms. The zero-order valence-electron chi connectivity index (χ0n) is 12.6. The Hall–Kier alpha value is -1.56. The molecular weight excluding hydrogens is 320 g/mol. The average molecular weight is 339 g/mol. The molecule has 2 aromatic rings. The van der Waals surface area contributed by atoms with Gasteiger partial charge in [0.15, 0.2) is 5.11 Å². The maximum absolute atomic E-state index is 6.17. The summed E-state index contributed by atoms with van der Waals surface area (Å²) in [5.41, 5.74) is 0.781. The number of nitrogens with zero attached hydrogens (tertiary/aromatic N) is 1. The number of hydrogen-bond acceptors (Lipinski definition) is 3. The molecule has 118 valence electrons. The number of benzene rings is 1. The van der Waals surface area contributed by atoms with Gasteiger partial charge in [-0.1, -0.05) is 23.7 Å². The van der Waals surface area contributed by atoms with Crippen molar-refractivity contribution < 1.29 is 9.15 Å². The highest BCUT2D eigenvalue weighted by molar-refractivity contribution is 7.80. The van der Waals surface area contributed by atoms with Gasteiger partial charge in [-0.2, -0.15) is 0 Å². The van der Waals surface area contributed by atoms with Crippen LogP contribution in [0.4, 0.5) is 5.69 Å². The first kappa shape index (κ1) is 16.8. The number of hydrogen-bond donors (Lipinski definition) is 1. The van der Waals surface area contributed by atoms with Crippen LogP contribution < -0.4 is 5.32 Å². The first-order valence-electron chi connectivity index (χ1n) is 6.98. The van der Waals surface area contributed by atoms with E-state index in [1.165, 1.54) is 0 Å². The summed E-state index contributed by atoms with van der Waals surface area (Å²) in [6, 6.07) is 11.3. The first-order chi connectivity index (χ1) is 10.6. The molecule has 4 nitrogen and oxygen atoms in total. The molecule has 1 N–H and O–H groups in total. The summed E-state index contributed by atoms with van der Waals surface area (Å²) >= 11 is 11.7. The maximum atomic E-state index is 6.17. The first-order valence-corrected chi connectivity index (χ1v) is 7.76. The van der Waals surface area contributed by atoms with Gasteiger partial charge in [0.2, 0.25) is 0 Å². The van der Waals surface area contributed by atoms with Crippen molar-refractivity contribution in [3.8, 4) is 0 Å². The van der Waals surface area contributed by atoms with Crippen molar-refractivity contribution >= 4 is 34.6 Å². The lowest BCUT2D eigenvalue weighted by Crippen LogP contribution is -2.39. The maximum Gasteiger partial charge on any atom is 0.174 e. The van der Waals surface area contributed by atoms with E-state index in [0.29, 0.717) is 23.3 Å². The molecule has 0 radical (unpaired) electrons. The summed E-state index contributed by atoms with van der Waals surface area (Å²) in [6.45, 7) is 3.25. The largest absolute Gasteiger partial charge is 0.467 e. The van der Waals surface area contributed by atoms with E-state index < -0.39 is 0 Å². The molecule has 1 atom stereocenters. The number of para-hydroxylation sites is 1. The number of rotatable bonds is 6. The minimum Gasteiger partial charge on any atom is -0.467 e. The second-order valence-electron chi connectivity index (χ2n) is 4.79. The minimum atomic E-state index is -0.00682. The van der Waals surface area contributed by atoms with Crippen LogP contribution >= 0.6 is 23.8 Å². The van der Waals surface area contributed by atoms with Crippen molar-refractivity contribution in [3.63, 3.8) is 0 Å². The molecule has 0 bridgehead atoms. The van der Waals surface area contributed by atoms with Gasteiger partial charge in [0.25, 0.3) is 0 Å². The summed E-state index contributed by atoms with van der Waals surface area (Å²) in [4.78, 5) is 2.01. The van der Waals surface area contributed by atoms with Gasteiger partial charge in [0.05, 0.1) is 29.6 Å². The number of methoxy groups -OCH3 is 1. The molecule has 0 saturated carbocycles. The summed E-state index contributed by atoms with van der Waals surface area (Å²) in [5.74, 6) is 0.847. The summed E-state index contributed by atoms with van der Waals surface area (Å²) < 4.78 is 10.7. The van der Waals surface area contributed by atoms with Crippen LogP contribution in [0.1, 0.15) is 18.7 Å². The number of furan rings is 1. The van der Waals surface area contributed by atoms with Crippen molar-refractivity contribution in [2.45, 2.75) is 13.0 Å². The Bertz CT molecular complexity index is 604. The molecule has 0 amide bonds.